The van der Waals surface area contributed by atoms with Crippen molar-refractivity contribution in [1.82, 2.24) is 20.2 Å². The Morgan fingerprint density at radius 2 is 2.39 bits per heavy atom. The van der Waals surface area contributed by atoms with Crippen molar-refractivity contribution in [2.45, 2.75) is 26.3 Å². The molecule has 6 nitrogen and oxygen atoms in total. The molecule has 96 valence electrons. The van der Waals surface area contributed by atoms with Gasteiger partial charge < -0.3 is 5.11 Å². The van der Waals surface area contributed by atoms with E-state index in [1.165, 1.54) is 16.0 Å². The molecule has 0 aliphatic carbocycles. The average molecular weight is 266 g/mol. The molecule has 2 rings (SSSR count). The monoisotopic (exact) mass is 266 g/mol. The largest absolute Gasteiger partial charge is 0.480 e. The molecule has 2 atom stereocenters. The second kappa shape index (κ2) is 5.26. The molecule has 7 heteroatoms. The molecule has 0 spiro atoms. The van der Waals surface area contributed by atoms with Gasteiger partial charge in [-0.05, 0) is 27.8 Å². The summed E-state index contributed by atoms with van der Waals surface area (Å²) in [6.45, 7) is 3.84. The third-order valence-corrected chi connectivity index (χ3v) is 3.80. The van der Waals surface area contributed by atoms with Crippen LogP contribution in [0.5, 0.6) is 0 Å². The lowest BCUT2D eigenvalue weighted by molar-refractivity contribution is -0.142. The number of carboxylic acids is 1. The zero-order chi connectivity index (χ0) is 13.1. The van der Waals surface area contributed by atoms with Crippen molar-refractivity contribution in [3.05, 3.63) is 17.5 Å². The third kappa shape index (κ3) is 2.26. The molecule has 2 heterocycles. The molecule has 2 unspecified atom stereocenters. The summed E-state index contributed by atoms with van der Waals surface area (Å²) in [6, 6.07) is 3.03. The van der Waals surface area contributed by atoms with E-state index >= 15 is 0 Å². The summed E-state index contributed by atoms with van der Waals surface area (Å²) in [5.74, 6) is -0.433. The molecule has 18 heavy (non-hydrogen) atoms. The van der Waals surface area contributed by atoms with E-state index < -0.39 is 12.0 Å². The maximum atomic E-state index is 11.4. The van der Waals surface area contributed by atoms with Gasteiger partial charge in [-0.15, -0.1) is 16.4 Å². The quantitative estimate of drug-likeness (QED) is 0.896. The van der Waals surface area contributed by atoms with Crippen LogP contribution in [0.25, 0.3) is 10.7 Å². The van der Waals surface area contributed by atoms with E-state index in [-0.39, 0.29) is 5.92 Å². The Hall–Kier alpha value is -1.76. The smallest absolute Gasteiger partial charge is 0.328 e. The normalized spacial score (nSPS) is 14.3. The summed E-state index contributed by atoms with van der Waals surface area (Å²) in [6.07, 6.45) is 0.751. The van der Waals surface area contributed by atoms with Gasteiger partial charge in [-0.3, -0.25) is 0 Å². The molecule has 2 aromatic rings. The van der Waals surface area contributed by atoms with Crippen LogP contribution in [0.4, 0.5) is 0 Å². The number of thiophene rings is 1. The van der Waals surface area contributed by atoms with Crippen LogP contribution in [0.1, 0.15) is 26.3 Å². The molecule has 0 saturated heterocycles. The predicted molar refractivity (Wildman–Crippen MR) is 67.3 cm³/mol. The Kier molecular flexibility index (Phi) is 3.71. The Labute approximate surface area is 108 Å². The van der Waals surface area contributed by atoms with Crippen molar-refractivity contribution in [2.24, 2.45) is 5.92 Å². The van der Waals surface area contributed by atoms with Gasteiger partial charge in [0.15, 0.2) is 11.9 Å². The van der Waals surface area contributed by atoms with Gasteiger partial charge in [0.05, 0.1) is 4.88 Å². The van der Waals surface area contributed by atoms with Crippen molar-refractivity contribution < 1.29 is 9.90 Å². The topological polar surface area (TPSA) is 80.9 Å². The number of rotatable bonds is 5. The first-order valence-corrected chi connectivity index (χ1v) is 6.57. The van der Waals surface area contributed by atoms with Crippen LogP contribution < -0.4 is 0 Å². The highest BCUT2D eigenvalue weighted by Crippen LogP contribution is 2.28. The number of aliphatic carboxylic acids is 1. The first kappa shape index (κ1) is 12.7. The van der Waals surface area contributed by atoms with Gasteiger partial charge in [0.1, 0.15) is 0 Å². The van der Waals surface area contributed by atoms with Gasteiger partial charge >= 0.3 is 5.97 Å². The molecule has 0 aliphatic heterocycles. The van der Waals surface area contributed by atoms with Crippen LogP contribution >= 0.6 is 11.3 Å². The van der Waals surface area contributed by atoms with Gasteiger partial charge in [0.25, 0.3) is 0 Å². The average Bonchev–Trinajstić information content (AvgIpc) is 2.97. The molecular weight excluding hydrogens is 252 g/mol. The Morgan fingerprint density at radius 3 is 2.94 bits per heavy atom. The second-order valence-corrected chi connectivity index (χ2v) is 5.04. The number of hydrogen-bond donors (Lipinski definition) is 1. The Morgan fingerprint density at radius 1 is 1.61 bits per heavy atom. The van der Waals surface area contributed by atoms with E-state index in [1.807, 2.05) is 31.4 Å². The zero-order valence-corrected chi connectivity index (χ0v) is 11.0. The summed E-state index contributed by atoms with van der Waals surface area (Å²) < 4.78 is 1.41. The lowest BCUT2D eigenvalue weighted by Gasteiger charge is -2.19. The van der Waals surface area contributed by atoms with E-state index in [9.17, 15) is 9.90 Å². The van der Waals surface area contributed by atoms with Crippen molar-refractivity contribution in [3.63, 3.8) is 0 Å². The van der Waals surface area contributed by atoms with E-state index in [0.717, 1.165) is 11.3 Å². The SMILES string of the molecule is CCC(C)C(C(=O)O)n1nnnc1-c1cccs1. The number of nitrogens with zero attached hydrogens (tertiary/aromatic N) is 4. The Bertz CT molecular complexity index is 523. The predicted octanol–water partition coefficient (Wildman–Crippen LogP) is 2.07. The maximum absolute atomic E-state index is 11.4. The van der Waals surface area contributed by atoms with Crippen LogP contribution in [0.3, 0.4) is 0 Å². The summed E-state index contributed by atoms with van der Waals surface area (Å²) in [5.41, 5.74) is 0. The van der Waals surface area contributed by atoms with Crippen LogP contribution in [0, 0.1) is 5.92 Å². The molecule has 0 bridgehead atoms. The van der Waals surface area contributed by atoms with Crippen molar-refractivity contribution in [3.8, 4) is 10.7 Å². The van der Waals surface area contributed by atoms with Gasteiger partial charge in [0, 0.05) is 0 Å². The van der Waals surface area contributed by atoms with E-state index in [0.29, 0.717) is 5.82 Å². The van der Waals surface area contributed by atoms with E-state index in [2.05, 4.69) is 15.5 Å². The number of tetrazole rings is 1. The minimum absolute atomic E-state index is 0.0373. The summed E-state index contributed by atoms with van der Waals surface area (Å²) >= 11 is 1.49. The fourth-order valence-corrected chi connectivity index (χ4v) is 2.46. The summed E-state index contributed by atoms with van der Waals surface area (Å²) in [5, 5.41) is 22.6. The van der Waals surface area contributed by atoms with Crippen molar-refractivity contribution in [1.29, 1.82) is 0 Å². The standard InChI is InChI=1S/C11H14N4O2S/c1-3-7(2)9(11(16)17)15-10(12-13-14-15)8-5-4-6-18-8/h4-7,9H,3H2,1-2H3,(H,16,17). The minimum atomic E-state index is -0.908. The highest BCUT2D eigenvalue weighted by Gasteiger charge is 2.29. The van der Waals surface area contributed by atoms with Crippen molar-refractivity contribution >= 4 is 17.3 Å². The van der Waals surface area contributed by atoms with E-state index in [4.69, 9.17) is 0 Å². The molecule has 0 amide bonds. The third-order valence-electron chi connectivity index (χ3n) is 2.93. The molecule has 0 aromatic carbocycles. The molecule has 0 fully saturated rings. The number of aromatic nitrogens is 4. The lowest BCUT2D eigenvalue weighted by atomic mass is 9.99. The second-order valence-electron chi connectivity index (χ2n) is 4.09. The lowest BCUT2D eigenvalue weighted by Crippen LogP contribution is -2.27. The minimum Gasteiger partial charge on any atom is -0.480 e. The number of carbonyl (C=O) groups is 1. The fraction of sp³-hybridized carbons (Fsp3) is 0.455. The molecule has 0 radical (unpaired) electrons. The first-order valence-electron chi connectivity index (χ1n) is 5.69. The Balaban J connectivity index is 2.43. The van der Waals surface area contributed by atoms with Crippen LogP contribution in [0.2, 0.25) is 0 Å². The summed E-state index contributed by atoms with van der Waals surface area (Å²) in [4.78, 5) is 12.3. The van der Waals surface area contributed by atoms with Gasteiger partial charge in [-0.25, -0.2) is 9.48 Å². The zero-order valence-electron chi connectivity index (χ0n) is 10.1. The molecule has 1 N–H and O–H groups in total. The fourth-order valence-electron chi connectivity index (χ4n) is 1.76. The molecule has 0 aliphatic rings. The van der Waals surface area contributed by atoms with Gasteiger partial charge in [0.2, 0.25) is 0 Å². The van der Waals surface area contributed by atoms with Crippen LogP contribution in [-0.4, -0.2) is 31.3 Å². The maximum Gasteiger partial charge on any atom is 0.328 e. The molecule has 0 saturated carbocycles. The highest BCUT2D eigenvalue weighted by atomic mass is 32.1. The van der Waals surface area contributed by atoms with Crippen LogP contribution in [-0.2, 0) is 4.79 Å². The molecular formula is C11H14N4O2S. The highest BCUT2D eigenvalue weighted by molar-refractivity contribution is 7.13. The first-order chi connectivity index (χ1) is 8.65. The molecule has 2 aromatic heterocycles. The van der Waals surface area contributed by atoms with Gasteiger partial charge in [-0.1, -0.05) is 26.3 Å². The van der Waals surface area contributed by atoms with Crippen molar-refractivity contribution in [2.75, 3.05) is 0 Å². The number of hydrogen-bond acceptors (Lipinski definition) is 5. The van der Waals surface area contributed by atoms with Gasteiger partial charge in [-0.2, -0.15) is 0 Å². The number of carboxylic acid groups (broad SMARTS) is 1. The van der Waals surface area contributed by atoms with E-state index in [1.54, 1.807) is 0 Å². The summed E-state index contributed by atoms with van der Waals surface area (Å²) in [7, 11) is 0. The van der Waals surface area contributed by atoms with Crippen LogP contribution in [0.15, 0.2) is 17.5 Å².